The molecule has 3 aromatic carbocycles. The number of benzene rings is 3. The number of hydrogen-bond donors (Lipinski definition) is 0. The van der Waals surface area contributed by atoms with E-state index in [1.54, 1.807) is 6.92 Å². The highest BCUT2D eigenvalue weighted by molar-refractivity contribution is 6.75. The van der Waals surface area contributed by atoms with E-state index in [4.69, 9.17) is 40.9 Å². The molecule has 0 radical (unpaired) electrons. The maximum absolute atomic E-state index is 12.9. The summed E-state index contributed by atoms with van der Waals surface area (Å²) in [5.41, 5.74) is 3.61. The Bertz CT molecular complexity index is 2340. The molecule has 0 N–H and O–H groups in total. The van der Waals surface area contributed by atoms with Gasteiger partial charge in [-0.25, -0.2) is 0 Å². The van der Waals surface area contributed by atoms with Crippen LogP contribution in [0.2, 0.25) is 82.6 Å². The van der Waals surface area contributed by atoms with Crippen LogP contribution in [0.1, 0.15) is 137 Å². The van der Waals surface area contributed by atoms with Crippen LogP contribution >= 0.6 is 23.2 Å². The highest BCUT2D eigenvalue weighted by Crippen LogP contribution is 2.48. The Balaban J connectivity index is 0.000000370. The molecular weight excluding hydrogens is 976 g/mol. The molecule has 0 bridgehead atoms. The van der Waals surface area contributed by atoms with E-state index in [0.717, 1.165) is 45.3 Å². The van der Waals surface area contributed by atoms with Crippen molar-refractivity contribution in [3.63, 3.8) is 0 Å². The fourth-order valence-electron chi connectivity index (χ4n) is 7.27. The number of allylic oxidation sites excluding steroid dienone is 1. The number of halogens is 2. The average molecular weight is 1070 g/mol. The highest BCUT2D eigenvalue weighted by Gasteiger charge is 2.47. The van der Waals surface area contributed by atoms with Crippen LogP contribution in [0, 0.1) is 22.7 Å². The Kier molecular flexibility index (Phi) is 20.6. The van der Waals surface area contributed by atoms with Gasteiger partial charge in [-0.1, -0.05) is 155 Å². The lowest BCUT2D eigenvalue weighted by Gasteiger charge is -2.43. The molecule has 0 aliphatic heterocycles. The Morgan fingerprint density at radius 3 is 1.53 bits per heavy atom. The molecule has 0 aromatic heterocycles. The second-order valence-electron chi connectivity index (χ2n) is 26.5. The van der Waals surface area contributed by atoms with E-state index in [1.165, 1.54) is 12.5 Å². The topological polar surface area (TPSA) is 71.1 Å². The number of fused-ring (bicyclic) bond motifs is 2. The van der Waals surface area contributed by atoms with E-state index in [9.17, 15) is 9.59 Å². The van der Waals surface area contributed by atoms with Crippen LogP contribution in [0.3, 0.4) is 0 Å². The summed E-state index contributed by atoms with van der Waals surface area (Å²) in [6, 6.07) is 15.9. The predicted molar refractivity (Wildman–Crippen MR) is 312 cm³/mol. The normalized spacial score (nSPS) is 15.1. The summed E-state index contributed by atoms with van der Waals surface area (Å²) in [5, 5.41) is 3.79. The van der Waals surface area contributed by atoms with Crippen molar-refractivity contribution in [2.45, 2.75) is 195 Å². The van der Waals surface area contributed by atoms with Crippen LogP contribution < -0.4 is 0 Å². The molecule has 70 heavy (non-hydrogen) atoms. The number of Topliss-reactive ketones (excluding diaryl/α,β-unsaturated/α-hetero) is 2. The molecule has 6 nitrogen and oxygen atoms in total. The van der Waals surface area contributed by atoms with Gasteiger partial charge in [0.05, 0.1) is 0 Å². The van der Waals surface area contributed by atoms with Crippen molar-refractivity contribution in [1.82, 2.24) is 0 Å². The van der Waals surface area contributed by atoms with Gasteiger partial charge in [0, 0.05) is 71.6 Å². The quantitative estimate of drug-likeness (QED) is 0.0581. The fourth-order valence-corrected chi connectivity index (χ4v) is 12.1. The van der Waals surface area contributed by atoms with E-state index in [0.29, 0.717) is 44.3 Å². The van der Waals surface area contributed by atoms with Crippen LogP contribution in [0.15, 0.2) is 54.6 Å². The van der Waals surface area contributed by atoms with Crippen molar-refractivity contribution in [3.05, 3.63) is 86.9 Å². The maximum atomic E-state index is 12.9. The minimum atomic E-state index is -2.00. The fraction of sp³-hybridized carbons (Fsp3) is 0.621. The first-order valence-electron chi connectivity index (χ1n) is 25.3. The third kappa shape index (κ3) is 16.2. The molecule has 0 saturated heterocycles. The molecule has 4 rings (SSSR count). The van der Waals surface area contributed by atoms with Crippen molar-refractivity contribution in [2.24, 2.45) is 10.8 Å². The standard InChI is InChI=1S/C29H45ClO3Si2.C29H47ClO3Si2/c1-20(31)26-22-13-12-14-25(30)23(22)15-21-16-29(17-24(21)26,18-32-34(8,9)27(2,3)4)19-33-35(10,11)28(5,6)7;1-24(31)16-14-20-29(22-32-34(8,9)27(2,3)4,23-33-35(10,11)28(5,6)7)21-15-18-25-17-12-13-19-26(25)30/h12-15H,16-19H2,1-11H3;12-13,15,17-19H,20-23H2,1-11H3/b;18-15+. The summed E-state index contributed by atoms with van der Waals surface area (Å²) in [4.78, 5) is 24.6. The minimum Gasteiger partial charge on any atom is -0.416 e. The molecule has 0 amide bonds. The summed E-state index contributed by atoms with van der Waals surface area (Å²) in [6.45, 7) is 51.1. The monoisotopic (exact) mass is 1070 g/mol. The summed E-state index contributed by atoms with van der Waals surface area (Å²) in [5.74, 6) is 5.87. The van der Waals surface area contributed by atoms with Gasteiger partial charge in [0.2, 0.25) is 5.78 Å². The van der Waals surface area contributed by atoms with Crippen molar-refractivity contribution in [1.29, 1.82) is 0 Å². The van der Waals surface area contributed by atoms with E-state index in [1.807, 2.05) is 42.5 Å². The maximum Gasteiger partial charge on any atom is 0.202 e. The van der Waals surface area contributed by atoms with Gasteiger partial charge in [-0.05, 0) is 145 Å². The van der Waals surface area contributed by atoms with E-state index >= 15 is 0 Å². The van der Waals surface area contributed by atoms with Crippen molar-refractivity contribution >= 4 is 84.9 Å². The third-order valence-electron chi connectivity index (χ3n) is 16.5. The lowest BCUT2D eigenvalue weighted by molar-refractivity contribution is -0.111. The van der Waals surface area contributed by atoms with E-state index in [-0.39, 0.29) is 42.5 Å². The number of hydrogen-bond acceptors (Lipinski definition) is 6. The molecule has 0 unspecified atom stereocenters. The molecule has 1 aliphatic carbocycles. The molecule has 390 valence electrons. The summed E-state index contributed by atoms with van der Waals surface area (Å²) in [6.07, 6.45) is 7.10. The van der Waals surface area contributed by atoms with Gasteiger partial charge in [0.15, 0.2) is 39.1 Å². The Morgan fingerprint density at radius 1 is 0.629 bits per heavy atom. The van der Waals surface area contributed by atoms with Gasteiger partial charge in [-0.15, -0.1) is 0 Å². The van der Waals surface area contributed by atoms with Gasteiger partial charge in [0.1, 0.15) is 0 Å². The molecule has 0 spiro atoms. The highest BCUT2D eigenvalue weighted by atomic mass is 35.5. The van der Waals surface area contributed by atoms with Crippen molar-refractivity contribution in [2.75, 3.05) is 26.4 Å². The van der Waals surface area contributed by atoms with Gasteiger partial charge in [0.25, 0.3) is 0 Å². The largest absolute Gasteiger partial charge is 0.416 e. The number of carbonyl (C=O) groups is 2. The van der Waals surface area contributed by atoms with Crippen LogP contribution in [-0.2, 0) is 35.3 Å². The molecule has 1 aliphatic rings. The Morgan fingerprint density at radius 2 is 1.09 bits per heavy atom. The number of ketones is 2. The zero-order valence-electron chi connectivity index (χ0n) is 47.6. The van der Waals surface area contributed by atoms with Crippen LogP contribution in [0.25, 0.3) is 16.8 Å². The molecule has 0 fully saturated rings. The summed E-state index contributed by atoms with van der Waals surface area (Å²) >= 11 is 13.0. The first-order chi connectivity index (χ1) is 31.6. The van der Waals surface area contributed by atoms with Gasteiger partial charge < -0.3 is 17.7 Å². The first kappa shape index (κ1) is 62.1. The van der Waals surface area contributed by atoms with Crippen molar-refractivity contribution in [3.8, 4) is 11.8 Å². The predicted octanol–water partition coefficient (Wildman–Crippen LogP) is 17.6. The molecule has 0 atom stereocenters. The zero-order chi connectivity index (χ0) is 53.7. The zero-order valence-corrected chi connectivity index (χ0v) is 53.1. The van der Waals surface area contributed by atoms with E-state index in [2.05, 4.69) is 166 Å². The molecular formula is C58H92Cl2O6Si4. The molecule has 3 aromatic rings. The van der Waals surface area contributed by atoms with Crippen molar-refractivity contribution < 1.29 is 27.3 Å². The lowest BCUT2D eigenvalue weighted by atomic mass is 9.82. The third-order valence-corrected chi connectivity index (χ3v) is 35.0. The van der Waals surface area contributed by atoms with Crippen LogP contribution in [-0.4, -0.2) is 71.3 Å². The van der Waals surface area contributed by atoms with Gasteiger partial charge >= 0.3 is 0 Å². The number of rotatable bonds is 17. The first-order valence-corrected chi connectivity index (χ1v) is 37.7. The molecule has 0 saturated carbocycles. The van der Waals surface area contributed by atoms with Gasteiger partial charge in [-0.3, -0.25) is 9.59 Å². The SMILES string of the molecule is CC(=O)C#CCC(C/C=C/c1ccccc1Cl)(CO[Si](C)(C)C(C)(C)C)CO[Si](C)(C)C(C)(C)C.CC(=O)c1c2c(cc3c(Cl)cccc13)CC(CO[Si](C)(C)C(C)(C)C)(CO[Si](C)(C)C(C)(C)C)C2. The summed E-state index contributed by atoms with van der Waals surface area (Å²) < 4.78 is 27.2. The van der Waals surface area contributed by atoms with E-state index < -0.39 is 33.3 Å². The second-order valence-corrected chi connectivity index (χ2v) is 46.5. The summed E-state index contributed by atoms with van der Waals surface area (Å²) in [7, 11) is -7.93. The molecule has 0 heterocycles. The lowest BCUT2D eigenvalue weighted by Crippen LogP contribution is -2.48. The van der Waals surface area contributed by atoms with Crippen LogP contribution in [0.4, 0.5) is 0 Å². The Hall–Kier alpha value is -2.15. The van der Waals surface area contributed by atoms with Crippen LogP contribution in [0.5, 0.6) is 0 Å². The minimum absolute atomic E-state index is 0.0947. The second kappa shape index (κ2) is 23.2. The van der Waals surface area contributed by atoms with Gasteiger partial charge in [-0.2, -0.15) is 0 Å². The average Bonchev–Trinajstić information content (AvgIpc) is 3.57. The Labute approximate surface area is 440 Å². The number of carbonyl (C=O) groups excluding carboxylic acids is 2. The molecule has 12 heteroatoms. The smallest absolute Gasteiger partial charge is 0.202 e.